The van der Waals surface area contributed by atoms with Crippen LogP contribution in [0.4, 0.5) is 0 Å². The van der Waals surface area contributed by atoms with Gasteiger partial charge in [0, 0.05) is 18.1 Å². The van der Waals surface area contributed by atoms with E-state index in [9.17, 15) is 9.90 Å². The summed E-state index contributed by atoms with van der Waals surface area (Å²) < 4.78 is 0. The molecule has 122 valence electrons. The second-order valence-electron chi connectivity index (χ2n) is 5.95. The molecule has 20 heavy (non-hydrogen) atoms. The molecule has 0 aromatic heterocycles. The Balaban J connectivity index is -0.000000244. The lowest BCUT2D eigenvalue weighted by molar-refractivity contribution is -0.131. The molecule has 5 heteroatoms. The monoisotopic (exact) mass is 292 g/mol. The van der Waals surface area contributed by atoms with Gasteiger partial charge in [-0.15, -0.1) is 0 Å². The minimum atomic E-state index is -0.981. The molecule has 1 atom stereocenters. The fraction of sp³-hybridized carbons (Fsp3) is 0.800. The summed E-state index contributed by atoms with van der Waals surface area (Å²) in [5.74, 6) is -0.331. The first-order chi connectivity index (χ1) is 8.95. The van der Waals surface area contributed by atoms with Gasteiger partial charge >= 0.3 is 5.97 Å². The number of carbonyl (C=O) groups is 1. The normalized spacial score (nSPS) is 11.9. The average molecular weight is 292 g/mol. The summed E-state index contributed by atoms with van der Waals surface area (Å²) in [6.07, 6.45) is 0.414. The van der Waals surface area contributed by atoms with Gasteiger partial charge in [0.05, 0.1) is 12.7 Å². The lowest BCUT2D eigenvalue weighted by Gasteiger charge is -2.30. The van der Waals surface area contributed by atoms with Crippen molar-refractivity contribution in [3.63, 3.8) is 0 Å². The highest BCUT2D eigenvalue weighted by molar-refractivity contribution is 5.78. The van der Waals surface area contributed by atoms with Crippen LogP contribution in [-0.2, 0) is 4.79 Å². The highest BCUT2D eigenvalue weighted by atomic mass is 16.4. The first kappa shape index (κ1) is 24.1. The third-order valence-electron chi connectivity index (χ3n) is 2.38. The standard InChI is InChI=1S/C8H18O2.C4H10O.C3H4O2/c1-6(2)7(10)8(3,4)5-9;1-4(2)3-5;1-2-3(4)5/h6-7,9-10H,5H2,1-4H3;4-5H,3H2,1-2H3;2H,1H2,(H,4,5). The molecule has 5 nitrogen and oxygen atoms in total. The van der Waals surface area contributed by atoms with Crippen LogP contribution in [0.15, 0.2) is 12.7 Å². The van der Waals surface area contributed by atoms with Gasteiger partial charge in [-0.3, -0.25) is 0 Å². The van der Waals surface area contributed by atoms with Crippen molar-refractivity contribution in [2.45, 2.75) is 47.6 Å². The van der Waals surface area contributed by atoms with E-state index in [0.717, 1.165) is 6.08 Å². The summed E-state index contributed by atoms with van der Waals surface area (Å²) in [7, 11) is 0. The van der Waals surface area contributed by atoms with Gasteiger partial charge in [0.25, 0.3) is 0 Å². The predicted octanol–water partition coefficient (Wildman–Crippen LogP) is 1.91. The molecule has 0 aliphatic carbocycles. The van der Waals surface area contributed by atoms with E-state index in [1.54, 1.807) is 0 Å². The van der Waals surface area contributed by atoms with Crippen molar-refractivity contribution in [1.82, 2.24) is 0 Å². The molecule has 0 saturated carbocycles. The fourth-order valence-corrected chi connectivity index (χ4v) is 0.996. The summed E-state index contributed by atoms with van der Waals surface area (Å²) >= 11 is 0. The van der Waals surface area contributed by atoms with E-state index < -0.39 is 12.1 Å². The van der Waals surface area contributed by atoms with Gasteiger partial charge in [0.2, 0.25) is 0 Å². The third-order valence-corrected chi connectivity index (χ3v) is 2.38. The van der Waals surface area contributed by atoms with Gasteiger partial charge in [0.15, 0.2) is 0 Å². The minimum absolute atomic E-state index is 0.0341. The number of hydrogen-bond acceptors (Lipinski definition) is 4. The van der Waals surface area contributed by atoms with Gasteiger partial charge in [0.1, 0.15) is 0 Å². The van der Waals surface area contributed by atoms with Crippen LogP contribution in [0.5, 0.6) is 0 Å². The van der Waals surface area contributed by atoms with Crippen LogP contribution in [0.2, 0.25) is 0 Å². The molecule has 0 fully saturated rings. The molecule has 0 aliphatic rings. The molecule has 1 unspecified atom stereocenters. The van der Waals surface area contributed by atoms with E-state index in [1.165, 1.54) is 0 Å². The van der Waals surface area contributed by atoms with Crippen LogP contribution in [0, 0.1) is 17.3 Å². The molecule has 4 N–H and O–H groups in total. The third kappa shape index (κ3) is 17.1. The Bertz CT molecular complexity index is 247. The number of carboxylic acids is 1. The molecule has 0 radical (unpaired) electrons. The van der Waals surface area contributed by atoms with E-state index in [-0.39, 0.29) is 17.9 Å². The van der Waals surface area contributed by atoms with Gasteiger partial charge < -0.3 is 20.4 Å². The van der Waals surface area contributed by atoms with Crippen molar-refractivity contribution in [3.8, 4) is 0 Å². The zero-order chi connectivity index (χ0) is 16.9. The lowest BCUT2D eigenvalue weighted by atomic mass is 9.82. The van der Waals surface area contributed by atoms with Crippen LogP contribution in [0.1, 0.15) is 41.5 Å². The molecule has 0 saturated heterocycles. The highest BCUT2D eigenvalue weighted by Crippen LogP contribution is 2.24. The molecule has 0 rings (SSSR count). The smallest absolute Gasteiger partial charge is 0.327 e. The molecular formula is C15H32O5. The fourth-order valence-electron chi connectivity index (χ4n) is 0.996. The largest absolute Gasteiger partial charge is 0.478 e. The van der Waals surface area contributed by atoms with Gasteiger partial charge in [-0.2, -0.15) is 0 Å². The van der Waals surface area contributed by atoms with Crippen LogP contribution >= 0.6 is 0 Å². The number of aliphatic carboxylic acids is 1. The van der Waals surface area contributed by atoms with E-state index in [1.807, 2.05) is 41.5 Å². The molecule has 0 heterocycles. The summed E-state index contributed by atoms with van der Waals surface area (Å²) in [5.41, 5.74) is -0.367. The molecule has 0 spiro atoms. The Morgan fingerprint density at radius 1 is 1.20 bits per heavy atom. The van der Waals surface area contributed by atoms with E-state index in [2.05, 4.69) is 6.58 Å². The maximum Gasteiger partial charge on any atom is 0.327 e. The Labute approximate surface area is 123 Å². The van der Waals surface area contributed by atoms with Crippen molar-refractivity contribution in [3.05, 3.63) is 12.7 Å². The Morgan fingerprint density at radius 3 is 1.55 bits per heavy atom. The van der Waals surface area contributed by atoms with Crippen LogP contribution in [-0.4, -0.2) is 45.7 Å². The molecule has 0 amide bonds. The summed E-state index contributed by atoms with van der Waals surface area (Å²) in [4.78, 5) is 9.25. The summed E-state index contributed by atoms with van der Waals surface area (Å²) in [5, 5.41) is 34.1. The lowest BCUT2D eigenvalue weighted by Crippen LogP contribution is -2.36. The number of hydrogen-bond donors (Lipinski definition) is 4. The Morgan fingerprint density at radius 2 is 1.50 bits per heavy atom. The highest BCUT2D eigenvalue weighted by Gasteiger charge is 2.28. The zero-order valence-corrected chi connectivity index (χ0v) is 13.6. The average Bonchev–Trinajstić information content (AvgIpc) is 2.38. The SMILES string of the molecule is C=CC(=O)O.CC(C)C(O)C(C)(C)CO.CC(C)CO. The molecule has 0 aromatic carbocycles. The summed E-state index contributed by atoms with van der Waals surface area (Å²) in [6.45, 7) is 14.9. The maximum atomic E-state index is 9.49. The quantitative estimate of drug-likeness (QED) is 0.580. The number of rotatable bonds is 5. The van der Waals surface area contributed by atoms with E-state index in [0.29, 0.717) is 12.5 Å². The molecule has 0 aliphatic heterocycles. The Hall–Kier alpha value is -0.910. The van der Waals surface area contributed by atoms with Crippen molar-refractivity contribution >= 4 is 5.97 Å². The predicted molar refractivity (Wildman–Crippen MR) is 81.5 cm³/mol. The molecular weight excluding hydrogens is 260 g/mol. The maximum absolute atomic E-state index is 9.49. The minimum Gasteiger partial charge on any atom is -0.478 e. The van der Waals surface area contributed by atoms with Crippen LogP contribution in [0.25, 0.3) is 0 Å². The van der Waals surface area contributed by atoms with Gasteiger partial charge in [-0.05, 0) is 11.8 Å². The number of aliphatic hydroxyl groups excluding tert-OH is 3. The van der Waals surface area contributed by atoms with E-state index in [4.69, 9.17) is 15.3 Å². The van der Waals surface area contributed by atoms with Crippen molar-refractivity contribution in [1.29, 1.82) is 0 Å². The van der Waals surface area contributed by atoms with Gasteiger partial charge in [-0.25, -0.2) is 4.79 Å². The summed E-state index contributed by atoms with van der Waals surface area (Å²) in [6, 6.07) is 0. The molecule has 0 bridgehead atoms. The zero-order valence-electron chi connectivity index (χ0n) is 13.6. The second kappa shape index (κ2) is 13.1. The van der Waals surface area contributed by atoms with E-state index >= 15 is 0 Å². The molecule has 0 aromatic rings. The Kier molecular flexibility index (Phi) is 15.8. The van der Waals surface area contributed by atoms with Crippen molar-refractivity contribution in [2.75, 3.05) is 13.2 Å². The topological polar surface area (TPSA) is 98.0 Å². The van der Waals surface area contributed by atoms with Crippen molar-refractivity contribution in [2.24, 2.45) is 17.3 Å². The van der Waals surface area contributed by atoms with Crippen molar-refractivity contribution < 1.29 is 25.2 Å². The number of carboxylic acid groups (broad SMARTS) is 1. The van der Waals surface area contributed by atoms with Crippen LogP contribution < -0.4 is 0 Å². The first-order valence-electron chi connectivity index (χ1n) is 6.71. The van der Waals surface area contributed by atoms with Crippen LogP contribution in [0.3, 0.4) is 0 Å². The number of aliphatic hydroxyl groups is 3. The second-order valence-corrected chi connectivity index (χ2v) is 5.95. The first-order valence-corrected chi connectivity index (χ1v) is 6.71. The van der Waals surface area contributed by atoms with Gasteiger partial charge in [-0.1, -0.05) is 48.1 Å².